The van der Waals surface area contributed by atoms with E-state index in [4.69, 9.17) is 4.74 Å². The first kappa shape index (κ1) is 14.0. The van der Waals surface area contributed by atoms with Gasteiger partial charge in [0.05, 0.1) is 0 Å². The number of nitrogens with zero attached hydrogens (tertiary/aromatic N) is 3. The molecule has 0 saturated carbocycles. The fourth-order valence-electron chi connectivity index (χ4n) is 1.59. The average molecular weight is 275 g/mol. The van der Waals surface area contributed by atoms with E-state index in [1.807, 2.05) is 45.0 Å². The molecule has 7 heteroatoms. The Labute approximate surface area is 116 Å². The molecule has 2 N–H and O–H groups in total. The van der Waals surface area contributed by atoms with Gasteiger partial charge < -0.3 is 10.1 Å². The van der Waals surface area contributed by atoms with E-state index in [9.17, 15) is 4.79 Å². The van der Waals surface area contributed by atoms with Crippen molar-refractivity contribution in [1.29, 1.82) is 0 Å². The summed E-state index contributed by atoms with van der Waals surface area (Å²) in [4.78, 5) is 11.6. The number of nitrogens with one attached hydrogen (secondary N) is 2. The molecule has 106 valence electrons. The maximum atomic E-state index is 11.6. The minimum absolute atomic E-state index is 0.376. The number of hydrogen-bond acceptors (Lipinski definition) is 5. The molecule has 0 atom stereocenters. The molecule has 20 heavy (non-hydrogen) atoms. The van der Waals surface area contributed by atoms with Gasteiger partial charge in [-0.25, -0.2) is 4.79 Å². The lowest BCUT2D eigenvalue weighted by atomic mass is 10.1. The molecule has 0 radical (unpaired) electrons. The van der Waals surface area contributed by atoms with Crippen molar-refractivity contribution in [2.45, 2.75) is 32.9 Å². The van der Waals surface area contributed by atoms with Crippen molar-refractivity contribution in [2.24, 2.45) is 0 Å². The van der Waals surface area contributed by atoms with Crippen molar-refractivity contribution in [1.82, 2.24) is 25.9 Å². The molecule has 1 aromatic carbocycles. The highest BCUT2D eigenvalue weighted by Crippen LogP contribution is 2.15. The van der Waals surface area contributed by atoms with Crippen molar-refractivity contribution in [3.05, 3.63) is 29.8 Å². The first-order chi connectivity index (χ1) is 9.44. The second-order valence-corrected chi connectivity index (χ2v) is 5.29. The Balaban J connectivity index is 1.97. The first-order valence-corrected chi connectivity index (χ1v) is 6.24. The number of rotatable bonds is 3. The highest BCUT2D eigenvalue weighted by molar-refractivity contribution is 5.67. The summed E-state index contributed by atoms with van der Waals surface area (Å²) in [5.41, 5.74) is 1.26. The van der Waals surface area contributed by atoms with Crippen molar-refractivity contribution >= 4 is 6.09 Å². The zero-order valence-electron chi connectivity index (χ0n) is 11.7. The summed E-state index contributed by atoms with van der Waals surface area (Å²) in [6, 6.07) is 7.54. The molecular weight excluding hydrogens is 258 g/mol. The van der Waals surface area contributed by atoms with Crippen LogP contribution < -0.4 is 5.32 Å². The lowest BCUT2D eigenvalue weighted by Crippen LogP contribution is -2.32. The number of carbonyl (C=O) groups is 1. The molecule has 0 saturated heterocycles. The van der Waals surface area contributed by atoms with Gasteiger partial charge in [0, 0.05) is 12.1 Å². The van der Waals surface area contributed by atoms with Crippen LogP contribution >= 0.6 is 0 Å². The maximum Gasteiger partial charge on any atom is 0.407 e. The molecule has 7 nitrogen and oxygen atoms in total. The third kappa shape index (κ3) is 4.04. The molecule has 2 rings (SSSR count). The summed E-state index contributed by atoms with van der Waals surface area (Å²) in [5, 5.41) is 16.4. The minimum atomic E-state index is -0.503. The van der Waals surface area contributed by atoms with Crippen LogP contribution in [0.15, 0.2) is 24.3 Å². The van der Waals surface area contributed by atoms with Crippen LogP contribution in [-0.2, 0) is 11.3 Å². The summed E-state index contributed by atoms with van der Waals surface area (Å²) < 4.78 is 5.17. The number of tetrazole rings is 1. The van der Waals surface area contributed by atoms with Crippen LogP contribution in [0.4, 0.5) is 4.79 Å². The normalized spacial score (nSPS) is 11.2. The Morgan fingerprint density at radius 1 is 1.40 bits per heavy atom. The van der Waals surface area contributed by atoms with Gasteiger partial charge in [-0.1, -0.05) is 18.2 Å². The quantitative estimate of drug-likeness (QED) is 0.892. The molecular formula is C13H17N5O2. The van der Waals surface area contributed by atoms with Crippen LogP contribution in [0.5, 0.6) is 0 Å². The smallest absolute Gasteiger partial charge is 0.407 e. The van der Waals surface area contributed by atoms with E-state index < -0.39 is 11.7 Å². The van der Waals surface area contributed by atoms with Gasteiger partial charge in [-0.3, -0.25) is 0 Å². The molecule has 0 bridgehead atoms. The van der Waals surface area contributed by atoms with Crippen molar-refractivity contribution in [3.63, 3.8) is 0 Å². The van der Waals surface area contributed by atoms with E-state index in [0.717, 1.165) is 11.1 Å². The lowest BCUT2D eigenvalue weighted by molar-refractivity contribution is 0.0523. The number of aromatic nitrogens is 4. The summed E-state index contributed by atoms with van der Waals surface area (Å²) in [6.07, 6.45) is -0.442. The molecule has 1 aromatic heterocycles. The molecule has 0 spiro atoms. The van der Waals surface area contributed by atoms with Crippen molar-refractivity contribution in [3.8, 4) is 11.4 Å². The minimum Gasteiger partial charge on any atom is -0.444 e. The molecule has 0 aliphatic carbocycles. The van der Waals surface area contributed by atoms with E-state index in [2.05, 4.69) is 25.9 Å². The van der Waals surface area contributed by atoms with Gasteiger partial charge in [0.2, 0.25) is 5.82 Å². The van der Waals surface area contributed by atoms with E-state index in [-0.39, 0.29) is 0 Å². The fourth-order valence-corrected chi connectivity index (χ4v) is 1.59. The SMILES string of the molecule is CC(C)(C)OC(=O)NCc1cccc(-c2nn[nH]n2)c1. The second-order valence-electron chi connectivity index (χ2n) is 5.29. The number of ether oxygens (including phenoxy) is 1. The first-order valence-electron chi connectivity index (χ1n) is 6.24. The average Bonchev–Trinajstić information content (AvgIpc) is 2.88. The Bertz CT molecular complexity index is 575. The van der Waals surface area contributed by atoms with Crippen LogP contribution in [0.2, 0.25) is 0 Å². The Morgan fingerprint density at radius 3 is 2.85 bits per heavy atom. The predicted molar refractivity (Wildman–Crippen MR) is 72.7 cm³/mol. The Morgan fingerprint density at radius 2 is 2.20 bits per heavy atom. The van der Waals surface area contributed by atoms with Crippen LogP contribution in [0.3, 0.4) is 0 Å². The molecule has 0 fully saturated rings. The number of alkyl carbamates (subject to hydrolysis) is 1. The Kier molecular flexibility index (Phi) is 3.97. The van der Waals surface area contributed by atoms with E-state index in [1.54, 1.807) is 0 Å². The van der Waals surface area contributed by atoms with E-state index in [0.29, 0.717) is 12.4 Å². The lowest BCUT2D eigenvalue weighted by Gasteiger charge is -2.19. The second kappa shape index (κ2) is 5.68. The number of aromatic amines is 1. The summed E-state index contributed by atoms with van der Waals surface area (Å²) in [6.45, 7) is 5.84. The van der Waals surface area contributed by atoms with Crippen LogP contribution in [0.25, 0.3) is 11.4 Å². The monoisotopic (exact) mass is 275 g/mol. The molecule has 0 aliphatic rings. The van der Waals surface area contributed by atoms with E-state index >= 15 is 0 Å². The van der Waals surface area contributed by atoms with Gasteiger partial charge in [-0.2, -0.15) is 5.21 Å². The maximum absolute atomic E-state index is 11.6. The number of amides is 1. The highest BCUT2D eigenvalue weighted by atomic mass is 16.6. The fraction of sp³-hybridized carbons (Fsp3) is 0.385. The zero-order chi connectivity index (χ0) is 14.6. The van der Waals surface area contributed by atoms with E-state index in [1.165, 1.54) is 0 Å². The third-order valence-electron chi connectivity index (χ3n) is 2.37. The summed E-state index contributed by atoms with van der Waals surface area (Å²) in [7, 11) is 0. The zero-order valence-corrected chi connectivity index (χ0v) is 11.7. The molecule has 0 aliphatic heterocycles. The number of H-pyrrole nitrogens is 1. The molecule has 2 aromatic rings. The van der Waals surface area contributed by atoms with Gasteiger partial charge in [0.15, 0.2) is 0 Å². The van der Waals surface area contributed by atoms with Crippen molar-refractivity contribution < 1.29 is 9.53 Å². The van der Waals surface area contributed by atoms with Gasteiger partial charge in [0.25, 0.3) is 0 Å². The van der Waals surface area contributed by atoms with Crippen LogP contribution in [-0.4, -0.2) is 32.3 Å². The van der Waals surface area contributed by atoms with Gasteiger partial charge in [-0.05, 0) is 37.6 Å². The van der Waals surface area contributed by atoms with Gasteiger partial charge >= 0.3 is 6.09 Å². The molecule has 1 amide bonds. The summed E-state index contributed by atoms with van der Waals surface area (Å²) >= 11 is 0. The van der Waals surface area contributed by atoms with Crippen molar-refractivity contribution in [2.75, 3.05) is 0 Å². The van der Waals surface area contributed by atoms with Crippen LogP contribution in [0, 0.1) is 0 Å². The topological polar surface area (TPSA) is 92.8 Å². The predicted octanol–water partition coefficient (Wildman–Crippen LogP) is 1.89. The standard InChI is InChI=1S/C13H17N5O2/c1-13(2,3)20-12(19)14-8-9-5-4-6-10(7-9)11-15-17-18-16-11/h4-7H,8H2,1-3H3,(H,14,19)(H,15,16,17,18). The number of hydrogen-bond donors (Lipinski definition) is 2. The molecule has 1 heterocycles. The number of carbonyl (C=O) groups excluding carboxylic acids is 1. The highest BCUT2D eigenvalue weighted by Gasteiger charge is 2.15. The molecule has 0 unspecified atom stereocenters. The van der Waals surface area contributed by atoms with Gasteiger partial charge in [0.1, 0.15) is 5.60 Å². The summed E-state index contributed by atoms with van der Waals surface area (Å²) in [5.74, 6) is 0.518. The largest absolute Gasteiger partial charge is 0.444 e. The third-order valence-corrected chi connectivity index (χ3v) is 2.37. The number of benzene rings is 1. The Hall–Kier alpha value is -2.44. The van der Waals surface area contributed by atoms with Crippen LogP contribution in [0.1, 0.15) is 26.3 Å². The van der Waals surface area contributed by atoms with Gasteiger partial charge in [-0.15, -0.1) is 10.2 Å².